The Labute approximate surface area is 209 Å². The molecule has 0 spiro atoms. The molecule has 4 N–H and O–H groups in total. The molecule has 2 aliphatic heterocycles. The van der Waals surface area contributed by atoms with Gasteiger partial charge in [0.05, 0.1) is 31.6 Å². The molecule has 0 aliphatic carbocycles. The predicted octanol–water partition coefficient (Wildman–Crippen LogP) is 1.57. The zero-order chi connectivity index (χ0) is 25.7. The summed E-state index contributed by atoms with van der Waals surface area (Å²) in [4.78, 5) is 40.1. The van der Waals surface area contributed by atoms with Crippen molar-refractivity contribution in [3.8, 4) is 16.9 Å². The Kier molecular flexibility index (Phi) is 7.84. The first kappa shape index (κ1) is 25.2. The molecule has 10 heteroatoms. The van der Waals surface area contributed by atoms with E-state index in [2.05, 4.69) is 0 Å². The molecule has 0 saturated carbocycles. The maximum atomic E-state index is 12.9. The summed E-state index contributed by atoms with van der Waals surface area (Å²) < 4.78 is 11.2. The van der Waals surface area contributed by atoms with Crippen LogP contribution in [0.2, 0.25) is 0 Å². The van der Waals surface area contributed by atoms with E-state index in [-0.39, 0.29) is 37.2 Å². The number of carbonyl (C=O) groups is 3. The molecule has 2 fully saturated rings. The maximum Gasteiger partial charge on any atom is 0.304 e. The molecule has 0 bridgehead atoms. The highest BCUT2D eigenvalue weighted by molar-refractivity contribution is 5.95. The fourth-order valence-electron chi connectivity index (χ4n) is 4.55. The molecule has 190 valence electrons. The van der Waals surface area contributed by atoms with E-state index in [0.29, 0.717) is 44.0 Å². The van der Waals surface area contributed by atoms with E-state index in [1.807, 2.05) is 36.4 Å². The normalized spacial score (nSPS) is 19.8. The van der Waals surface area contributed by atoms with Crippen LogP contribution in [0.25, 0.3) is 11.1 Å². The van der Waals surface area contributed by atoms with Gasteiger partial charge >= 0.3 is 5.97 Å². The average molecular weight is 495 g/mol. The van der Waals surface area contributed by atoms with E-state index in [0.717, 1.165) is 11.1 Å². The van der Waals surface area contributed by atoms with Gasteiger partial charge in [0.1, 0.15) is 24.7 Å². The number of morpholine rings is 1. The van der Waals surface area contributed by atoms with Crippen molar-refractivity contribution < 1.29 is 29.0 Å². The summed E-state index contributed by atoms with van der Waals surface area (Å²) in [6.45, 7) is 1.94. The first-order chi connectivity index (χ1) is 17.3. The monoisotopic (exact) mass is 494 g/mol. The molecule has 2 aromatic carbocycles. The molecule has 0 unspecified atom stereocenters. The van der Waals surface area contributed by atoms with Gasteiger partial charge in [-0.1, -0.05) is 36.4 Å². The first-order valence-electron chi connectivity index (χ1n) is 11.9. The standard InChI is InChI=1S/C26H30N4O6/c27-25(28)19-3-1-17(2-4-19)18-5-7-22(8-6-18)36-16-21-13-20(14-24(32)33)26(34)30(21)15-23(31)29-9-11-35-12-10-29/h1-8,20-21H,9-16H2,(H3,27,28)(H,32,33)/t20-,21-/m0/s1. The Morgan fingerprint density at radius 1 is 1.06 bits per heavy atom. The Morgan fingerprint density at radius 2 is 1.67 bits per heavy atom. The van der Waals surface area contributed by atoms with Crippen molar-refractivity contribution in [1.29, 1.82) is 5.41 Å². The number of nitrogen functional groups attached to an aromatic ring is 1. The Morgan fingerprint density at radius 3 is 2.25 bits per heavy atom. The van der Waals surface area contributed by atoms with Crippen molar-refractivity contribution in [3.05, 3.63) is 54.1 Å². The number of amides is 2. The van der Waals surface area contributed by atoms with E-state index in [4.69, 9.17) is 20.6 Å². The molecule has 0 aromatic heterocycles. The van der Waals surface area contributed by atoms with Crippen LogP contribution in [0.1, 0.15) is 18.4 Å². The third-order valence-electron chi connectivity index (χ3n) is 6.55. The SMILES string of the molecule is N=C(N)c1ccc(-c2ccc(OC[C@@H]3C[C@@H](CC(=O)O)C(=O)N3CC(=O)N3CCOCC3)cc2)cc1. The number of carbonyl (C=O) groups excluding carboxylic acids is 2. The maximum absolute atomic E-state index is 12.9. The van der Waals surface area contributed by atoms with Gasteiger partial charge in [-0.15, -0.1) is 0 Å². The highest BCUT2D eigenvalue weighted by atomic mass is 16.5. The van der Waals surface area contributed by atoms with Gasteiger partial charge < -0.3 is 30.1 Å². The zero-order valence-electron chi connectivity index (χ0n) is 19.9. The summed E-state index contributed by atoms with van der Waals surface area (Å²) in [5, 5.41) is 16.7. The number of nitrogens with two attached hydrogens (primary N) is 1. The topological polar surface area (TPSA) is 146 Å². The van der Waals surface area contributed by atoms with Crippen LogP contribution in [-0.4, -0.2) is 84.0 Å². The van der Waals surface area contributed by atoms with Gasteiger partial charge in [0.2, 0.25) is 11.8 Å². The fraction of sp³-hybridized carbons (Fsp3) is 0.385. The largest absolute Gasteiger partial charge is 0.491 e. The molecule has 36 heavy (non-hydrogen) atoms. The second-order valence-corrected chi connectivity index (χ2v) is 8.97. The smallest absolute Gasteiger partial charge is 0.304 e. The van der Waals surface area contributed by atoms with Gasteiger partial charge in [0, 0.05) is 18.7 Å². The number of amidine groups is 1. The number of hydrogen-bond acceptors (Lipinski definition) is 6. The number of carboxylic acid groups (broad SMARTS) is 1. The van der Waals surface area contributed by atoms with E-state index in [1.165, 1.54) is 4.90 Å². The van der Waals surface area contributed by atoms with Crippen molar-refractivity contribution in [2.24, 2.45) is 11.7 Å². The van der Waals surface area contributed by atoms with Crippen LogP contribution in [0.3, 0.4) is 0 Å². The summed E-state index contributed by atoms with van der Waals surface area (Å²) >= 11 is 0. The lowest BCUT2D eigenvalue weighted by Crippen LogP contribution is -2.48. The lowest BCUT2D eigenvalue weighted by Gasteiger charge is -2.30. The molecule has 2 atom stereocenters. The molecule has 10 nitrogen and oxygen atoms in total. The lowest BCUT2D eigenvalue weighted by atomic mass is 10.0. The minimum atomic E-state index is -1.04. The van der Waals surface area contributed by atoms with E-state index < -0.39 is 17.9 Å². The molecule has 2 saturated heterocycles. The van der Waals surface area contributed by atoms with E-state index in [1.54, 1.807) is 17.0 Å². The fourth-order valence-corrected chi connectivity index (χ4v) is 4.55. The Balaban J connectivity index is 1.40. The number of ether oxygens (including phenoxy) is 2. The highest BCUT2D eigenvalue weighted by Crippen LogP contribution is 2.29. The summed E-state index contributed by atoms with van der Waals surface area (Å²) in [7, 11) is 0. The van der Waals surface area contributed by atoms with Gasteiger partial charge in [-0.25, -0.2) is 0 Å². The van der Waals surface area contributed by atoms with Gasteiger partial charge in [0.25, 0.3) is 0 Å². The summed E-state index contributed by atoms with van der Waals surface area (Å²) in [6.07, 6.45) is 0.0524. The number of nitrogens with one attached hydrogen (secondary N) is 1. The number of aliphatic carboxylic acids is 1. The predicted molar refractivity (Wildman–Crippen MR) is 132 cm³/mol. The van der Waals surface area contributed by atoms with Crippen LogP contribution in [0, 0.1) is 11.3 Å². The number of benzene rings is 2. The number of nitrogens with zero attached hydrogens (tertiary/aromatic N) is 2. The molecule has 2 amide bonds. The van der Waals surface area contributed by atoms with Crippen LogP contribution in [-0.2, 0) is 19.1 Å². The molecular weight excluding hydrogens is 464 g/mol. The van der Waals surface area contributed by atoms with E-state index >= 15 is 0 Å². The van der Waals surface area contributed by atoms with Gasteiger partial charge in [-0.2, -0.15) is 0 Å². The molecule has 2 aromatic rings. The van der Waals surface area contributed by atoms with Crippen LogP contribution in [0.5, 0.6) is 5.75 Å². The molecule has 0 radical (unpaired) electrons. The van der Waals surface area contributed by atoms with Crippen molar-refractivity contribution >= 4 is 23.6 Å². The molecular formula is C26H30N4O6. The van der Waals surface area contributed by atoms with Gasteiger partial charge in [0.15, 0.2) is 0 Å². The number of carboxylic acids is 1. The molecule has 4 rings (SSSR count). The third kappa shape index (κ3) is 6.01. The number of hydrogen-bond donors (Lipinski definition) is 3. The second-order valence-electron chi connectivity index (χ2n) is 8.97. The summed E-state index contributed by atoms with van der Waals surface area (Å²) in [6, 6.07) is 14.4. The second kappa shape index (κ2) is 11.2. The van der Waals surface area contributed by atoms with Crippen LogP contribution in [0.4, 0.5) is 0 Å². The minimum absolute atomic E-state index is 0.0157. The average Bonchev–Trinajstić information content (AvgIpc) is 3.17. The zero-order valence-corrected chi connectivity index (χ0v) is 19.9. The quantitative estimate of drug-likeness (QED) is 0.354. The van der Waals surface area contributed by atoms with Crippen molar-refractivity contribution in [3.63, 3.8) is 0 Å². The molecule has 2 aliphatic rings. The number of likely N-dealkylation sites (tertiary alicyclic amines) is 1. The van der Waals surface area contributed by atoms with Crippen molar-refractivity contribution in [2.75, 3.05) is 39.5 Å². The van der Waals surface area contributed by atoms with Crippen LogP contribution >= 0.6 is 0 Å². The summed E-state index contributed by atoms with van der Waals surface area (Å²) in [5.74, 6) is -1.59. The third-order valence-corrected chi connectivity index (χ3v) is 6.55. The number of rotatable bonds is 9. The first-order valence-corrected chi connectivity index (χ1v) is 11.9. The van der Waals surface area contributed by atoms with Crippen molar-refractivity contribution in [2.45, 2.75) is 18.9 Å². The van der Waals surface area contributed by atoms with E-state index in [9.17, 15) is 19.5 Å². The highest BCUT2D eigenvalue weighted by Gasteiger charge is 2.42. The summed E-state index contributed by atoms with van der Waals surface area (Å²) in [5.41, 5.74) is 8.10. The van der Waals surface area contributed by atoms with Crippen molar-refractivity contribution in [1.82, 2.24) is 9.80 Å². The Hall–Kier alpha value is -3.92. The van der Waals surface area contributed by atoms with Crippen LogP contribution in [0.15, 0.2) is 48.5 Å². The van der Waals surface area contributed by atoms with Crippen LogP contribution < -0.4 is 10.5 Å². The minimum Gasteiger partial charge on any atom is -0.491 e. The van der Waals surface area contributed by atoms with Gasteiger partial charge in [-0.3, -0.25) is 19.8 Å². The molecule has 2 heterocycles. The lowest BCUT2D eigenvalue weighted by molar-refractivity contribution is -0.145. The van der Waals surface area contributed by atoms with Gasteiger partial charge in [-0.05, 0) is 29.7 Å². The Bertz CT molecular complexity index is 1110.